The van der Waals surface area contributed by atoms with Crippen molar-refractivity contribution in [3.63, 3.8) is 0 Å². The summed E-state index contributed by atoms with van der Waals surface area (Å²) in [5.41, 5.74) is 4.79. The lowest BCUT2D eigenvalue weighted by atomic mass is 10.0. The van der Waals surface area contributed by atoms with E-state index in [9.17, 15) is 0 Å². The number of anilines is 1. The van der Waals surface area contributed by atoms with Crippen molar-refractivity contribution >= 4 is 11.4 Å². The minimum absolute atomic E-state index is 0.0851. The first-order chi connectivity index (χ1) is 14.0. The van der Waals surface area contributed by atoms with Crippen LogP contribution >= 0.6 is 0 Å². The van der Waals surface area contributed by atoms with Crippen molar-refractivity contribution in [1.29, 1.82) is 0 Å². The number of benzene rings is 1. The lowest BCUT2D eigenvalue weighted by Gasteiger charge is -2.22. The monoisotopic (exact) mass is 394 g/mol. The van der Waals surface area contributed by atoms with Gasteiger partial charge in [0.2, 0.25) is 0 Å². The van der Waals surface area contributed by atoms with Gasteiger partial charge in [0, 0.05) is 24.8 Å². The van der Waals surface area contributed by atoms with Gasteiger partial charge in [-0.1, -0.05) is 56.4 Å². The van der Waals surface area contributed by atoms with Gasteiger partial charge < -0.3 is 10.6 Å². The summed E-state index contributed by atoms with van der Waals surface area (Å²) >= 11 is 0. The van der Waals surface area contributed by atoms with E-state index in [1.165, 1.54) is 16.8 Å². The normalized spacial score (nSPS) is 18.6. The molecule has 1 aromatic rings. The Bertz CT molecular complexity index is 743. The molecule has 0 spiro atoms. The van der Waals surface area contributed by atoms with Crippen LogP contribution in [0.15, 0.2) is 65.2 Å². The maximum Gasteiger partial charge on any atom is 0.0973 e. The Hall–Kier alpha value is -2.17. The van der Waals surface area contributed by atoms with E-state index in [1.54, 1.807) is 0 Å². The summed E-state index contributed by atoms with van der Waals surface area (Å²) in [6.07, 6.45) is 12.9. The first-order valence-electron chi connectivity index (χ1n) is 10.8. The predicted octanol–water partition coefficient (Wildman–Crippen LogP) is 4.86. The van der Waals surface area contributed by atoms with Crippen LogP contribution in [0.1, 0.15) is 39.2 Å². The maximum absolute atomic E-state index is 4.90. The van der Waals surface area contributed by atoms with Gasteiger partial charge in [-0.05, 0) is 62.9 Å². The molecule has 2 rings (SSSR count). The van der Waals surface area contributed by atoms with Crippen molar-refractivity contribution in [2.45, 2.75) is 52.7 Å². The number of nitrogens with one attached hydrogen (secondary N) is 3. The molecule has 2 atom stereocenters. The Morgan fingerprint density at radius 2 is 1.83 bits per heavy atom. The van der Waals surface area contributed by atoms with Crippen LogP contribution in [0.5, 0.6) is 0 Å². The molecule has 0 radical (unpaired) electrons. The summed E-state index contributed by atoms with van der Waals surface area (Å²) in [7, 11) is 2.02. The lowest BCUT2D eigenvalue weighted by molar-refractivity contribution is 0.386. The number of unbranched alkanes of at least 4 members (excludes halogenated alkanes) is 1. The number of likely N-dealkylation sites (N-methyl/N-ethyl adjacent to an activating group) is 1. The number of aryl methyl sites for hydroxylation is 1. The van der Waals surface area contributed by atoms with Crippen molar-refractivity contribution in [3.05, 3.63) is 65.8 Å². The standard InChI is InChI=1S/C25H38N4/c1-19(2)25(26-5)18-28-21(4)29-24-16-9-7-13-22(24)14-10-11-17-27-23-15-8-6-12-20(23)3/h6-9,12-16,19,21,25-28H,10-11,17-18H2,1-5H3/b22-14-,29-24?. The van der Waals surface area contributed by atoms with Crippen LogP contribution in [0.3, 0.4) is 0 Å². The van der Waals surface area contributed by atoms with Crippen LogP contribution in [0.2, 0.25) is 0 Å². The highest BCUT2D eigenvalue weighted by Gasteiger charge is 2.12. The van der Waals surface area contributed by atoms with Gasteiger partial charge in [0.15, 0.2) is 0 Å². The number of para-hydroxylation sites is 1. The summed E-state index contributed by atoms with van der Waals surface area (Å²) in [5.74, 6) is 0.591. The fraction of sp³-hybridized carbons (Fsp3) is 0.480. The van der Waals surface area contributed by atoms with Gasteiger partial charge in [-0.3, -0.25) is 10.3 Å². The second kappa shape index (κ2) is 12.4. The molecular formula is C25H38N4. The summed E-state index contributed by atoms with van der Waals surface area (Å²) in [6.45, 7) is 10.6. The minimum atomic E-state index is 0.0851. The summed E-state index contributed by atoms with van der Waals surface area (Å²) in [4.78, 5) is 4.90. The first-order valence-corrected chi connectivity index (χ1v) is 10.8. The van der Waals surface area contributed by atoms with E-state index in [1.807, 2.05) is 7.05 Å². The molecule has 0 aromatic heterocycles. The van der Waals surface area contributed by atoms with E-state index in [4.69, 9.17) is 4.99 Å². The zero-order chi connectivity index (χ0) is 21.1. The average Bonchev–Trinajstić information content (AvgIpc) is 2.70. The number of hydrogen-bond donors (Lipinski definition) is 3. The van der Waals surface area contributed by atoms with Crippen molar-refractivity contribution in [2.75, 3.05) is 25.5 Å². The van der Waals surface area contributed by atoms with E-state index in [0.29, 0.717) is 12.0 Å². The molecule has 0 saturated carbocycles. The van der Waals surface area contributed by atoms with Gasteiger partial charge in [0.1, 0.15) is 0 Å². The third-order valence-corrected chi connectivity index (χ3v) is 5.28. The van der Waals surface area contributed by atoms with Crippen molar-refractivity contribution in [3.8, 4) is 0 Å². The molecule has 1 aliphatic rings. The van der Waals surface area contributed by atoms with Gasteiger partial charge in [0.05, 0.1) is 11.9 Å². The second-order valence-corrected chi connectivity index (χ2v) is 8.00. The maximum atomic E-state index is 4.90. The van der Waals surface area contributed by atoms with Gasteiger partial charge in [0.25, 0.3) is 0 Å². The van der Waals surface area contributed by atoms with Crippen LogP contribution in [0.4, 0.5) is 5.69 Å². The van der Waals surface area contributed by atoms with E-state index in [-0.39, 0.29) is 6.17 Å². The molecule has 3 N–H and O–H groups in total. The van der Waals surface area contributed by atoms with Crippen LogP contribution < -0.4 is 16.0 Å². The Balaban J connectivity index is 1.84. The van der Waals surface area contributed by atoms with E-state index in [0.717, 1.165) is 31.6 Å². The van der Waals surface area contributed by atoms with Crippen molar-refractivity contribution in [1.82, 2.24) is 10.6 Å². The Morgan fingerprint density at radius 3 is 2.55 bits per heavy atom. The van der Waals surface area contributed by atoms with E-state index in [2.05, 4.69) is 98.3 Å². The number of hydrogen-bond acceptors (Lipinski definition) is 4. The largest absolute Gasteiger partial charge is 0.385 e. The zero-order valence-corrected chi connectivity index (χ0v) is 18.7. The first kappa shape index (κ1) is 23.1. The third kappa shape index (κ3) is 8.00. The smallest absolute Gasteiger partial charge is 0.0973 e. The fourth-order valence-electron chi connectivity index (χ4n) is 3.35. The Kier molecular flexibility index (Phi) is 9.89. The topological polar surface area (TPSA) is 48.5 Å². The highest BCUT2D eigenvalue weighted by molar-refractivity contribution is 6.11. The molecule has 0 heterocycles. The van der Waals surface area contributed by atoms with Crippen LogP contribution in [-0.4, -0.2) is 38.1 Å². The number of rotatable bonds is 11. The second-order valence-electron chi connectivity index (χ2n) is 8.00. The third-order valence-electron chi connectivity index (χ3n) is 5.28. The van der Waals surface area contributed by atoms with E-state index < -0.39 is 0 Å². The molecule has 0 bridgehead atoms. The highest BCUT2D eigenvalue weighted by atomic mass is 15.1. The molecule has 4 nitrogen and oxygen atoms in total. The summed E-state index contributed by atoms with van der Waals surface area (Å²) < 4.78 is 0. The van der Waals surface area contributed by atoms with Gasteiger partial charge in [-0.15, -0.1) is 0 Å². The minimum Gasteiger partial charge on any atom is -0.385 e. The van der Waals surface area contributed by atoms with Gasteiger partial charge in [-0.25, -0.2) is 0 Å². The Labute approximate surface area is 177 Å². The zero-order valence-electron chi connectivity index (χ0n) is 18.7. The molecule has 4 heteroatoms. The summed E-state index contributed by atoms with van der Waals surface area (Å²) in [6, 6.07) is 8.89. The molecule has 158 valence electrons. The van der Waals surface area contributed by atoms with Crippen LogP contribution in [0.25, 0.3) is 0 Å². The average molecular weight is 395 g/mol. The van der Waals surface area contributed by atoms with Crippen molar-refractivity contribution < 1.29 is 0 Å². The molecule has 0 amide bonds. The molecular weight excluding hydrogens is 356 g/mol. The summed E-state index contributed by atoms with van der Waals surface area (Å²) in [5, 5.41) is 10.4. The Morgan fingerprint density at radius 1 is 1.07 bits per heavy atom. The fourth-order valence-corrected chi connectivity index (χ4v) is 3.35. The predicted molar refractivity (Wildman–Crippen MR) is 128 cm³/mol. The quantitative estimate of drug-likeness (QED) is 0.470. The molecule has 1 aliphatic carbocycles. The molecule has 1 aromatic carbocycles. The van der Waals surface area contributed by atoms with Crippen molar-refractivity contribution in [2.24, 2.45) is 10.9 Å². The number of aliphatic imine (C=N–C) groups is 1. The van der Waals surface area contributed by atoms with E-state index >= 15 is 0 Å². The van der Waals surface area contributed by atoms with Gasteiger partial charge >= 0.3 is 0 Å². The molecule has 0 aliphatic heterocycles. The molecule has 0 saturated heterocycles. The van der Waals surface area contributed by atoms with Crippen LogP contribution in [-0.2, 0) is 0 Å². The SMILES string of the molecule is CNC(CNC(C)N=C1C=CC=C/C1=C/CCCNc1ccccc1C)C(C)C. The molecule has 2 unspecified atom stereocenters. The highest BCUT2D eigenvalue weighted by Crippen LogP contribution is 2.14. The number of nitrogens with zero attached hydrogens (tertiary/aromatic N) is 1. The van der Waals surface area contributed by atoms with Gasteiger partial charge in [-0.2, -0.15) is 0 Å². The van der Waals surface area contributed by atoms with Crippen LogP contribution in [0, 0.1) is 12.8 Å². The molecule has 0 fully saturated rings. The molecule has 29 heavy (non-hydrogen) atoms. The lowest BCUT2D eigenvalue weighted by Crippen LogP contribution is -2.43. The number of allylic oxidation sites excluding steroid dienone is 6.